The van der Waals surface area contributed by atoms with Crippen molar-refractivity contribution in [2.75, 3.05) is 11.4 Å². The fraction of sp³-hybridized carbons (Fsp3) is 0.350. The van der Waals surface area contributed by atoms with Crippen LogP contribution in [-0.4, -0.2) is 28.9 Å². The summed E-state index contributed by atoms with van der Waals surface area (Å²) in [4.78, 5) is 31.6. The van der Waals surface area contributed by atoms with Crippen LogP contribution in [0.25, 0.3) is 0 Å². The molecule has 0 radical (unpaired) electrons. The van der Waals surface area contributed by atoms with E-state index in [0.29, 0.717) is 24.7 Å². The minimum atomic E-state index is -1.62. The predicted molar refractivity (Wildman–Crippen MR) is 98.9 cm³/mol. The molecule has 3 rings (SSSR count). The van der Waals surface area contributed by atoms with Crippen LogP contribution in [0.3, 0.4) is 0 Å². The number of hydrogen-bond donors (Lipinski definition) is 1. The van der Waals surface area contributed by atoms with Gasteiger partial charge in [0.25, 0.3) is 17.4 Å². The lowest BCUT2D eigenvalue weighted by Crippen LogP contribution is -2.62. The first-order valence-electron chi connectivity index (χ1n) is 8.75. The number of anilines is 1. The summed E-state index contributed by atoms with van der Waals surface area (Å²) >= 11 is 0. The summed E-state index contributed by atoms with van der Waals surface area (Å²) in [5.41, 5.74) is 0.496. The van der Waals surface area contributed by atoms with Crippen LogP contribution in [0.5, 0.6) is 5.75 Å². The van der Waals surface area contributed by atoms with Crippen molar-refractivity contribution in [2.45, 2.75) is 39.3 Å². The Labute approximate surface area is 153 Å². The summed E-state index contributed by atoms with van der Waals surface area (Å²) in [6, 6.07) is 11.3. The number of fused-ring (bicyclic) bond motifs is 1. The molecule has 0 unspecified atom stereocenters. The average molecular weight is 353 g/mol. The van der Waals surface area contributed by atoms with Crippen molar-refractivity contribution in [3.05, 3.63) is 53.7 Å². The van der Waals surface area contributed by atoms with Gasteiger partial charge in [-0.2, -0.15) is 0 Å². The number of benzene rings is 1. The molecule has 26 heavy (non-hydrogen) atoms. The number of carbonyl (C=O) groups is 2. The van der Waals surface area contributed by atoms with E-state index >= 15 is 0 Å². The van der Waals surface area contributed by atoms with Crippen molar-refractivity contribution in [2.24, 2.45) is 0 Å². The fourth-order valence-electron chi connectivity index (χ4n) is 2.91. The average Bonchev–Trinajstić information content (AvgIpc) is 2.64. The third-order valence-electron chi connectivity index (χ3n) is 4.43. The SMILES string of the molecule is CCCN1C(=O)[C@](C)(C(=O)NCc2ccc(C)cc2)Oc2cccnc21. The summed E-state index contributed by atoms with van der Waals surface area (Å²) < 4.78 is 5.81. The van der Waals surface area contributed by atoms with E-state index in [1.165, 1.54) is 11.8 Å². The van der Waals surface area contributed by atoms with Gasteiger partial charge in [0.2, 0.25) is 0 Å². The zero-order chi connectivity index (χ0) is 18.7. The number of rotatable bonds is 5. The Bertz CT molecular complexity index is 819. The van der Waals surface area contributed by atoms with E-state index in [9.17, 15) is 9.59 Å². The summed E-state index contributed by atoms with van der Waals surface area (Å²) in [5, 5.41) is 2.82. The number of nitrogens with one attached hydrogen (secondary N) is 1. The molecule has 6 nitrogen and oxygen atoms in total. The lowest BCUT2D eigenvalue weighted by atomic mass is 10.0. The maximum absolute atomic E-state index is 13.0. The van der Waals surface area contributed by atoms with Crippen LogP contribution in [0.4, 0.5) is 5.82 Å². The van der Waals surface area contributed by atoms with Gasteiger partial charge in [0.15, 0.2) is 11.6 Å². The third-order valence-corrected chi connectivity index (χ3v) is 4.43. The van der Waals surface area contributed by atoms with E-state index < -0.39 is 17.4 Å². The highest BCUT2D eigenvalue weighted by Crippen LogP contribution is 2.36. The number of aryl methyl sites for hydroxylation is 1. The zero-order valence-electron chi connectivity index (χ0n) is 15.3. The molecule has 1 aromatic carbocycles. The quantitative estimate of drug-likeness (QED) is 0.839. The fourth-order valence-corrected chi connectivity index (χ4v) is 2.91. The van der Waals surface area contributed by atoms with Gasteiger partial charge in [-0.3, -0.25) is 14.5 Å². The molecule has 0 aliphatic carbocycles. The largest absolute Gasteiger partial charge is 0.464 e. The molecule has 1 atom stereocenters. The number of aromatic nitrogens is 1. The lowest BCUT2D eigenvalue weighted by Gasteiger charge is -2.38. The summed E-state index contributed by atoms with van der Waals surface area (Å²) in [6.45, 7) is 6.30. The van der Waals surface area contributed by atoms with Gasteiger partial charge in [-0.15, -0.1) is 0 Å². The van der Waals surface area contributed by atoms with E-state index in [1.54, 1.807) is 18.3 Å². The molecule has 136 valence electrons. The molecule has 0 saturated heterocycles. The van der Waals surface area contributed by atoms with Gasteiger partial charge in [0, 0.05) is 19.3 Å². The first kappa shape index (κ1) is 17.9. The molecular weight excluding hydrogens is 330 g/mol. The second-order valence-corrected chi connectivity index (χ2v) is 6.59. The molecular formula is C20H23N3O3. The van der Waals surface area contributed by atoms with Crippen LogP contribution < -0.4 is 15.0 Å². The molecule has 1 aliphatic heterocycles. The molecule has 0 saturated carbocycles. The van der Waals surface area contributed by atoms with Crippen molar-refractivity contribution in [1.82, 2.24) is 10.3 Å². The Morgan fingerprint density at radius 3 is 2.69 bits per heavy atom. The predicted octanol–water partition coefficient (Wildman–Crippen LogP) is 2.60. The van der Waals surface area contributed by atoms with E-state index in [0.717, 1.165) is 17.5 Å². The Morgan fingerprint density at radius 1 is 1.27 bits per heavy atom. The first-order valence-corrected chi connectivity index (χ1v) is 8.75. The molecule has 1 aliphatic rings. The number of carbonyl (C=O) groups excluding carboxylic acids is 2. The van der Waals surface area contributed by atoms with Crippen LogP contribution in [0.2, 0.25) is 0 Å². The third kappa shape index (κ3) is 3.27. The number of amides is 2. The van der Waals surface area contributed by atoms with Crippen LogP contribution in [-0.2, 0) is 16.1 Å². The van der Waals surface area contributed by atoms with Gasteiger partial charge in [-0.05, 0) is 38.0 Å². The monoisotopic (exact) mass is 353 g/mol. The topological polar surface area (TPSA) is 71.5 Å². The molecule has 2 heterocycles. The number of hydrogen-bond acceptors (Lipinski definition) is 4. The van der Waals surface area contributed by atoms with Crippen molar-refractivity contribution in [3.8, 4) is 5.75 Å². The highest BCUT2D eigenvalue weighted by atomic mass is 16.5. The Hall–Kier alpha value is -2.89. The van der Waals surface area contributed by atoms with E-state index in [4.69, 9.17) is 4.74 Å². The minimum Gasteiger partial charge on any atom is -0.464 e. The molecule has 2 aromatic rings. The smallest absolute Gasteiger partial charge is 0.282 e. The number of ether oxygens (including phenoxy) is 1. The molecule has 0 spiro atoms. The Morgan fingerprint density at radius 2 is 2.00 bits per heavy atom. The van der Waals surface area contributed by atoms with Crippen LogP contribution in [0, 0.1) is 6.92 Å². The molecule has 1 N–H and O–H groups in total. The molecule has 0 bridgehead atoms. The second-order valence-electron chi connectivity index (χ2n) is 6.59. The molecule has 0 fully saturated rings. The molecule has 2 amide bonds. The second kappa shape index (κ2) is 7.15. The van der Waals surface area contributed by atoms with Crippen molar-refractivity contribution < 1.29 is 14.3 Å². The summed E-state index contributed by atoms with van der Waals surface area (Å²) in [6.07, 6.45) is 2.36. The maximum Gasteiger partial charge on any atom is 0.282 e. The van der Waals surface area contributed by atoms with Gasteiger partial charge in [-0.1, -0.05) is 36.8 Å². The van der Waals surface area contributed by atoms with Crippen molar-refractivity contribution in [1.29, 1.82) is 0 Å². The minimum absolute atomic E-state index is 0.332. The summed E-state index contributed by atoms with van der Waals surface area (Å²) in [7, 11) is 0. The van der Waals surface area contributed by atoms with Crippen LogP contribution in [0.1, 0.15) is 31.4 Å². The Kier molecular flexibility index (Phi) is 4.93. The normalized spacial score (nSPS) is 18.9. The highest BCUT2D eigenvalue weighted by Gasteiger charge is 2.50. The number of pyridine rings is 1. The van der Waals surface area contributed by atoms with E-state index in [2.05, 4.69) is 10.3 Å². The van der Waals surface area contributed by atoms with Crippen LogP contribution in [0.15, 0.2) is 42.6 Å². The zero-order valence-corrected chi connectivity index (χ0v) is 15.3. The van der Waals surface area contributed by atoms with Crippen molar-refractivity contribution >= 4 is 17.6 Å². The van der Waals surface area contributed by atoms with Crippen LogP contribution >= 0.6 is 0 Å². The first-order chi connectivity index (χ1) is 12.5. The van der Waals surface area contributed by atoms with Gasteiger partial charge >= 0.3 is 0 Å². The van der Waals surface area contributed by atoms with Gasteiger partial charge in [-0.25, -0.2) is 4.98 Å². The highest BCUT2D eigenvalue weighted by molar-refractivity contribution is 6.16. The number of nitrogens with zero attached hydrogens (tertiary/aromatic N) is 2. The molecule has 6 heteroatoms. The lowest BCUT2D eigenvalue weighted by molar-refractivity contribution is -0.148. The standard InChI is InChI=1S/C20H23N3O3/c1-4-12-23-17-16(6-5-11-21-17)26-20(3,19(23)25)18(24)22-13-15-9-7-14(2)8-10-15/h5-11H,4,12-13H2,1-3H3,(H,22,24)/t20-/m0/s1. The summed E-state index contributed by atoms with van der Waals surface area (Å²) in [5.74, 6) is 0.0438. The van der Waals surface area contributed by atoms with Gasteiger partial charge < -0.3 is 10.1 Å². The maximum atomic E-state index is 13.0. The van der Waals surface area contributed by atoms with E-state index in [-0.39, 0.29) is 0 Å². The van der Waals surface area contributed by atoms with Gasteiger partial charge in [0.1, 0.15) is 0 Å². The Balaban J connectivity index is 1.82. The van der Waals surface area contributed by atoms with Crippen molar-refractivity contribution in [3.63, 3.8) is 0 Å². The van der Waals surface area contributed by atoms with E-state index in [1.807, 2.05) is 38.1 Å². The molecule has 1 aromatic heterocycles. The van der Waals surface area contributed by atoms with Gasteiger partial charge in [0.05, 0.1) is 0 Å².